The molecule has 1 amide bonds. The maximum absolute atomic E-state index is 13.1. The number of fused-ring (bicyclic) bond motifs is 1. The number of hydrogen-bond acceptors (Lipinski definition) is 4. The molecule has 160 valence electrons. The Balaban J connectivity index is 1.34. The summed E-state index contributed by atoms with van der Waals surface area (Å²) in [5.74, 6) is -0.0772. The topological polar surface area (TPSA) is 69.7 Å². The van der Waals surface area contributed by atoms with Gasteiger partial charge in [0, 0.05) is 31.9 Å². The average molecular weight is 428 g/mol. The third kappa shape index (κ3) is 4.74. The summed E-state index contributed by atoms with van der Waals surface area (Å²) in [6.45, 7) is 4.14. The van der Waals surface area contributed by atoms with Crippen LogP contribution in [0.15, 0.2) is 47.4 Å². The number of nitrogens with one attached hydrogen (secondary N) is 1. The number of nitrogens with zero attached hydrogens (tertiary/aromatic N) is 2. The number of carbonyl (C=O) groups excluding carboxylic acids is 1. The van der Waals surface area contributed by atoms with E-state index in [1.165, 1.54) is 17.5 Å². The Hall–Kier alpha value is -2.22. The van der Waals surface area contributed by atoms with E-state index in [0.29, 0.717) is 31.1 Å². The van der Waals surface area contributed by atoms with E-state index in [-0.39, 0.29) is 12.5 Å². The van der Waals surface area contributed by atoms with Crippen LogP contribution >= 0.6 is 0 Å². The summed E-state index contributed by atoms with van der Waals surface area (Å²) in [5.41, 5.74) is 4.33. The van der Waals surface area contributed by atoms with Crippen molar-refractivity contribution in [3.63, 3.8) is 0 Å². The maximum Gasteiger partial charge on any atom is 0.243 e. The molecule has 4 rings (SSSR count). The first-order valence-corrected chi connectivity index (χ1v) is 12.1. The van der Waals surface area contributed by atoms with Crippen molar-refractivity contribution in [3.05, 3.63) is 59.2 Å². The Morgan fingerprint density at radius 1 is 0.967 bits per heavy atom. The zero-order valence-corrected chi connectivity index (χ0v) is 18.2. The number of sulfonamides is 1. The summed E-state index contributed by atoms with van der Waals surface area (Å²) < 4.78 is 27.8. The molecule has 1 heterocycles. The van der Waals surface area contributed by atoms with Gasteiger partial charge in [0.2, 0.25) is 15.9 Å². The van der Waals surface area contributed by atoms with Crippen molar-refractivity contribution in [2.45, 2.75) is 37.5 Å². The first-order valence-electron chi connectivity index (χ1n) is 10.6. The van der Waals surface area contributed by atoms with E-state index < -0.39 is 10.0 Å². The molecular formula is C23H29N3O3S. The molecule has 0 aromatic heterocycles. The molecule has 0 spiro atoms. The predicted octanol–water partition coefficient (Wildman–Crippen LogP) is 2.82. The second-order valence-corrected chi connectivity index (χ2v) is 10.2. The molecule has 1 N–H and O–H groups in total. The summed E-state index contributed by atoms with van der Waals surface area (Å²) in [6, 6.07) is 13.3. The van der Waals surface area contributed by atoms with E-state index in [1.54, 1.807) is 10.4 Å². The van der Waals surface area contributed by atoms with Crippen LogP contribution in [0.2, 0.25) is 0 Å². The molecule has 0 saturated carbocycles. The van der Waals surface area contributed by atoms with E-state index >= 15 is 0 Å². The molecule has 7 heteroatoms. The van der Waals surface area contributed by atoms with Crippen LogP contribution in [-0.4, -0.2) is 56.3 Å². The summed E-state index contributed by atoms with van der Waals surface area (Å²) in [6.07, 6.45) is 4.31. The minimum atomic E-state index is -3.49. The minimum absolute atomic E-state index is 0.0772. The van der Waals surface area contributed by atoms with Crippen molar-refractivity contribution < 1.29 is 13.2 Å². The van der Waals surface area contributed by atoms with Gasteiger partial charge in [0.05, 0.1) is 11.4 Å². The maximum atomic E-state index is 13.1. The monoisotopic (exact) mass is 427 g/mol. The molecule has 30 heavy (non-hydrogen) atoms. The fourth-order valence-electron chi connectivity index (χ4n) is 4.27. The smallest absolute Gasteiger partial charge is 0.243 e. The normalized spacial score (nSPS) is 18.0. The van der Waals surface area contributed by atoms with Crippen LogP contribution in [0.1, 0.15) is 29.5 Å². The van der Waals surface area contributed by atoms with Crippen LogP contribution < -0.4 is 5.32 Å². The zero-order chi connectivity index (χ0) is 21.1. The molecule has 2 aliphatic rings. The first kappa shape index (κ1) is 21.0. The molecule has 1 fully saturated rings. The van der Waals surface area contributed by atoms with Crippen molar-refractivity contribution in [3.8, 4) is 0 Å². The Morgan fingerprint density at radius 2 is 1.70 bits per heavy atom. The highest BCUT2D eigenvalue weighted by atomic mass is 32.2. The molecular weight excluding hydrogens is 398 g/mol. The van der Waals surface area contributed by atoms with E-state index in [1.807, 2.05) is 48.2 Å². The number of hydrogen-bond donors (Lipinski definition) is 1. The Kier molecular flexibility index (Phi) is 6.22. The fourth-order valence-corrected chi connectivity index (χ4v) is 5.75. The van der Waals surface area contributed by atoms with Gasteiger partial charge in [-0.25, -0.2) is 8.42 Å². The SMILES string of the molecule is Cc1cccc(NC(=O)CN2CCN(S(=O)(=O)c3ccc4c(c3)CCCC4)CC2)c1. The van der Waals surface area contributed by atoms with Crippen molar-refractivity contribution in [1.82, 2.24) is 9.21 Å². The van der Waals surface area contributed by atoms with Gasteiger partial charge in [-0.05, 0) is 73.6 Å². The Bertz CT molecular complexity index is 1030. The van der Waals surface area contributed by atoms with Gasteiger partial charge < -0.3 is 5.32 Å². The molecule has 0 unspecified atom stereocenters. The summed E-state index contributed by atoms with van der Waals surface area (Å²) in [5, 5.41) is 2.91. The summed E-state index contributed by atoms with van der Waals surface area (Å²) in [7, 11) is -3.49. The van der Waals surface area contributed by atoms with Gasteiger partial charge in [-0.15, -0.1) is 0 Å². The van der Waals surface area contributed by atoms with Crippen LogP contribution in [0.4, 0.5) is 5.69 Å². The highest BCUT2D eigenvalue weighted by Gasteiger charge is 2.29. The quantitative estimate of drug-likeness (QED) is 0.797. The summed E-state index contributed by atoms with van der Waals surface area (Å²) >= 11 is 0. The molecule has 2 aromatic rings. The molecule has 1 aliphatic carbocycles. The van der Waals surface area contributed by atoms with Crippen LogP contribution in [0.5, 0.6) is 0 Å². The van der Waals surface area contributed by atoms with E-state index in [4.69, 9.17) is 0 Å². The number of aryl methyl sites for hydroxylation is 3. The van der Waals surface area contributed by atoms with Gasteiger partial charge in [-0.3, -0.25) is 9.69 Å². The lowest BCUT2D eigenvalue weighted by molar-refractivity contribution is -0.117. The van der Waals surface area contributed by atoms with E-state index in [9.17, 15) is 13.2 Å². The second-order valence-electron chi connectivity index (χ2n) is 8.24. The number of rotatable bonds is 5. The standard InChI is InChI=1S/C23H29N3O3S/c1-18-5-4-8-21(15-18)24-23(27)17-25-11-13-26(14-12-25)30(28,29)22-10-9-19-6-2-3-7-20(19)16-22/h4-5,8-10,15-16H,2-3,6-7,11-14,17H2,1H3,(H,24,27). The van der Waals surface area contributed by atoms with Gasteiger partial charge in [0.25, 0.3) is 0 Å². The molecule has 6 nitrogen and oxygen atoms in total. The fraction of sp³-hybridized carbons (Fsp3) is 0.435. The third-order valence-electron chi connectivity index (χ3n) is 5.96. The largest absolute Gasteiger partial charge is 0.325 e. The van der Waals surface area contributed by atoms with Crippen molar-refractivity contribution in [1.29, 1.82) is 0 Å². The van der Waals surface area contributed by atoms with Crippen molar-refractivity contribution >= 4 is 21.6 Å². The molecule has 0 atom stereocenters. The van der Waals surface area contributed by atoms with Gasteiger partial charge in [-0.1, -0.05) is 18.2 Å². The number of benzene rings is 2. The lowest BCUT2D eigenvalue weighted by atomic mass is 9.92. The molecule has 1 saturated heterocycles. The number of amides is 1. The van der Waals surface area contributed by atoms with Crippen LogP contribution in [0.25, 0.3) is 0 Å². The highest BCUT2D eigenvalue weighted by molar-refractivity contribution is 7.89. The predicted molar refractivity (Wildman–Crippen MR) is 118 cm³/mol. The Morgan fingerprint density at radius 3 is 2.43 bits per heavy atom. The molecule has 1 aliphatic heterocycles. The van der Waals surface area contributed by atoms with Gasteiger partial charge in [0.15, 0.2) is 0 Å². The lowest BCUT2D eigenvalue weighted by Gasteiger charge is -2.33. The highest BCUT2D eigenvalue weighted by Crippen LogP contribution is 2.26. The molecule has 0 radical (unpaired) electrons. The molecule has 2 aromatic carbocycles. The first-order chi connectivity index (χ1) is 14.4. The van der Waals surface area contributed by atoms with E-state index in [2.05, 4.69) is 5.32 Å². The minimum Gasteiger partial charge on any atom is -0.325 e. The van der Waals surface area contributed by atoms with Gasteiger partial charge >= 0.3 is 0 Å². The third-order valence-corrected chi connectivity index (χ3v) is 7.85. The van der Waals surface area contributed by atoms with Crippen LogP contribution in [-0.2, 0) is 27.7 Å². The zero-order valence-electron chi connectivity index (χ0n) is 17.4. The van der Waals surface area contributed by atoms with Crippen LogP contribution in [0.3, 0.4) is 0 Å². The van der Waals surface area contributed by atoms with Gasteiger partial charge in [-0.2, -0.15) is 4.31 Å². The Labute approximate surface area is 178 Å². The molecule has 0 bridgehead atoms. The lowest BCUT2D eigenvalue weighted by Crippen LogP contribution is -2.50. The van der Waals surface area contributed by atoms with E-state index in [0.717, 1.165) is 30.5 Å². The summed E-state index contributed by atoms with van der Waals surface area (Å²) in [4.78, 5) is 14.7. The number of anilines is 1. The number of carbonyl (C=O) groups is 1. The van der Waals surface area contributed by atoms with Gasteiger partial charge in [0.1, 0.15) is 0 Å². The van der Waals surface area contributed by atoms with Crippen LogP contribution in [0, 0.1) is 6.92 Å². The average Bonchev–Trinajstić information content (AvgIpc) is 2.73. The second kappa shape index (κ2) is 8.88. The number of piperazine rings is 1. The van der Waals surface area contributed by atoms with Crippen molar-refractivity contribution in [2.75, 3.05) is 38.0 Å². The van der Waals surface area contributed by atoms with Crippen molar-refractivity contribution in [2.24, 2.45) is 0 Å².